The summed E-state index contributed by atoms with van der Waals surface area (Å²) >= 11 is 0. The van der Waals surface area contributed by atoms with Crippen LogP contribution in [0.4, 0.5) is 0 Å². The Morgan fingerprint density at radius 3 is 1.35 bits per heavy atom. The Bertz CT molecular complexity index is 979. The molecule has 1 atom stereocenters. The molecule has 0 aromatic carbocycles. The number of unbranched alkanes of at least 4 members (excludes halogenated alkanes) is 8. The number of allylic oxidation sites excluding steroid dienone is 16. The van der Waals surface area contributed by atoms with Crippen molar-refractivity contribution in [3.8, 4) is 0 Å². The minimum absolute atomic E-state index is 0.105. The fourth-order valence-corrected chi connectivity index (χ4v) is 4.53. The van der Waals surface area contributed by atoms with Crippen LogP contribution in [0, 0.1) is 0 Å². The highest BCUT2D eigenvalue weighted by Gasteiger charge is 2.15. The number of rotatable bonds is 32. The summed E-state index contributed by atoms with van der Waals surface area (Å²) in [6.45, 7) is 3.90. The average Bonchev–Trinajstić information content (AvgIpc) is 3.09. The minimum atomic E-state index is -0.811. The first-order chi connectivity index (χ1) is 23.6. The van der Waals surface area contributed by atoms with E-state index in [1.807, 2.05) is 0 Å². The molecule has 0 heterocycles. The fourth-order valence-electron chi connectivity index (χ4n) is 4.53. The number of carbonyl (C=O) groups is 2. The summed E-state index contributed by atoms with van der Waals surface area (Å²) < 4.78 is 10.5. The summed E-state index contributed by atoms with van der Waals surface area (Å²) in [5.74, 6) is -0.685. The highest BCUT2D eigenvalue weighted by molar-refractivity contribution is 5.70. The number of aliphatic hydroxyl groups excluding tert-OH is 1. The molecule has 0 aliphatic heterocycles. The van der Waals surface area contributed by atoms with Gasteiger partial charge in [-0.15, -0.1) is 0 Å². The second-order valence-electron chi connectivity index (χ2n) is 11.9. The maximum atomic E-state index is 12.1. The number of carbonyl (C=O) groups excluding carboxylic acids is 2. The predicted octanol–water partition coefficient (Wildman–Crippen LogP) is 11.7. The number of ether oxygens (including phenoxy) is 2. The van der Waals surface area contributed by atoms with Crippen LogP contribution >= 0.6 is 0 Å². The first-order valence-corrected chi connectivity index (χ1v) is 18.8. The van der Waals surface area contributed by atoms with Gasteiger partial charge in [-0.2, -0.15) is 0 Å². The topological polar surface area (TPSA) is 72.8 Å². The molecule has 0 fully saturated rings. The second kappa shape index (κ2) is 38.3. The van der Waals surface area contributed by atoms with Crippen LogP contribution in [-0.2, 0) is 19.1 Å². The molecular formula is C43H68O5. The van der Waals surface area contributed by atoms with Crippen molar-refractivity contribution in [2.75, 3.05) is 13.2 Å². The van der Waals surface area contributed by atoms with Crippen LogP contribution in [0.5, 0.6) is 0 Å². The van der Waals surface area contributed by atoms with E-state index in [1.54, 1.807) is 0 Å². The van der Waals surface area contributed by atoms with E-state index in [1.165, 1.54) is 25.7 Å². The molecule has 1 N–H and O–H groups in total. The molecule has 48 heavy (non-hydrogen) atoms. The summed E-state index contributed by atoms with van der Waals surface area (Å²) in [4.78, 5) is 24.2. The number of aliphatic hydroxyl groups is 1. The van der Waals surface area contributed by atoms with Gasteiger partial charge in [-0.25, -0.2) is 0 Å². The van der Waals surface area contributed by atoms with E-state index in [4.69, 9.17) is 9.47 Å². The Morgan fingerprint density at radius 2 is 0.896 bits per heavy atom. The molecule has 0 aromatic heterocycles. The maximum Gasteiger partial charge on any atom is 0.306 e. The molecule has 0 saturated heterocycles. The monoisotopic (exact) mass is 665 g/mol. The van der Waals surface area contributed by atoms with Crippen LogP contribution in [0.15, 0.2) is 97.2 Å². The molecule has 5 nitrogen and oxygen atoms in total. The summed E-state index contributed by atoms with van der Waals surface area (Å²) in [5.41, 5.74) is 0. The fraction of sp³-hybridized carbons (Fsp3) is 0.581. The van der Waals surface area contributed by atoms with Crippen LogP contribution < -0.4 is 0 Å². The van der Waals surface area contributed by atoms with Crippen LogP contribution in [0.2, 0.25) is 0 Å². The molecule has 0 rings (SSSR count). The molecule has 270 valence electrons. The lowest BCUT2D eigenvalue weighted by Crippen LogP contribution is -2.28. The van der Waals surface area contributed by atoms with Crippen molar-refractivity contribution in [1.82, 2.24) is 0 Å². The zero-order chi connectivity index (χ0) is 35.0. The van der Waals surface area contributed by atoms with E-state index >= 15 is 0 Å². The number of hydrogen-bond donors (Lipinski definition) is 1. The van der Waals surface area contributed by atoms with Crippen molar-refractivity contribution in [2.24, 2.45) is 0 Å². The number of esters is 2. The predicted molar refractivity (Wildman–Crippen MR) is 205 cm³/mol. The van der Waals surface area contributed by atoms with E-state index < -0.39 is 6.10 Å². The van der Waals surface area contributed by atoms with Gasteiger partial charge in [0.15, 0.2) is 6.10 Å². The number of hydrogen-bond acceptors (Lipinski definition) is 5. The van der Waals surface area contributed by atoms with E-state index in [2.05, 4.69) is 111 Å². The van der Waals surface area contributed by atoms with Gasteiger partial charge in [-0.1, -0.05) is 130 Å². The van der Waals surface area contributed by atoms with Crippen molar-refractivity contribution >= 4 is 11.9 Å². The van der Waals surface area contributed by atoms with Gasteiger partial charge in [-0.3, -0.25) is 9.59 Å². The standard InChI is InChI=1S/C43H68O5/c1-3-5-7-9-11-13-15-17-19-20-21-22-24-25-27-29-31-33-35-37-42(45)47-40-41(39-44)48-43(46)38-36-34-32-30-28-26-23-18-16-14-12-10-8-6-4-2/h5,7,11-14,17-19,21-23,25,27-28,30,41,44H,3-4,6,8-10,15-16,20,24,26,29,31-40H2,1-2H3/b7-5-,13-11-,14-12-,19-17-,22-21-,23-18-,27-25-,30-28-/t41-/m0/s1. The molecule has 0 spiro atoms. The quantitative estimate of drug-likeness (QED) is 0.0440. The first kappa shape index (κ1) is 44.8. The third kappa shape index (κ3) is 35.7. The Morgan fingerprint density at radius 1 is 0.500 bits per heavy atom. The van der Waals surface area contributed by atoms with E-state index in [0.29, 0.717) is 12.8 Å². The molecule has 0 aliphatic rings. The summed E-state index contributed by atoms with van der Waals surface area (Å²) in [6.07, 6.45) is 53.2. The molecule has 0 saturated carbocycles. The van der Waals surface area contributed by atoms with E-state index in [9.17, 15) is 14.7 Å². The zero-order valence-electron chi connectivity index (χ0n) is 30.5. The van der Waals surface area contributed by atoms with Gasteiger partial charge in [0.2, 0.25) is 0 Å². The van der Waals surface area contributed by atoms with Crippen LogP contribution in [0.3, 0.4) is 0 Å². The van der Waals surface area contributed by atoms with Gasteiger partial charge in [0, 0.05) is 12.8 Å². The smallest absolute Gasteiger partial charge is 0.306 e. The lowest BCUT2D eigenvalue weighted by Gasteiger charge is -2.15. The van der Waals surface area contributed by atoms with Gasteiger partial charge in [0.1, 0.15) is 6.61 Å². The van der Waals surface area contributed by atoms with E-state index in [0.717, 1.165) is 89.9 Å². The van der Waals surface area contributed by atoms with E-state index in [-0.39, 0.29) is 25.2 Å². The third-order valence-electron chi connectivity index (χ3n) is 7.36. The summed E-state index contributed by atoms with van der Waals surface area (Å²) in [7, 11) is 0. The maximum absolute atomic E-state index is 12.1. The lowest BCUT2D eigenvalue weighted by molar-refractivity contribution is -0.161. The SMILES string of the molecule is CC/C=C\C/C=C\C/C=C\C/C=C\C/C=C\CCCCCC(=O)OC[C@H](CO)OC(=O)CCCC/C=C\C/C=C\C/C=C\CCCCC. The molecular weight excluding hydrogens is 596 g/mol. The lowest BCUT2D eigenvalue weighted by atomic mass is 10.1. The Hall–Kier alpha value is -3.18. The van der Waals surface area contributed by atoms with Crippen molar-refractivity contribution < 1.29 is 24.2 Å². The Balaban J connectivity index is 3.75. The van der Waals surface area contributed by atoms with Crippen molar-refractivity contribution in [1.29, 1.82) is 0 Å². The minimum Gasteiger partial charge on any atom is -0.462 e. The normalized spacial score (nSPS) is 13.3. The third-order valence-corrected chi connectivity index (χ3v) is 7.36. The summed E-state index contributed by atoms with van der Waals surface area (Å²) in [5, 5.41) is 9.53. The Labute approximate surface area is 294 Å². The Kier molecular flexibility index (Phi) is 35.7. The second-order valence-corrected chi connectivity index (χ2v) is 11.9. The van der Waals surface area contributed by atoms with Crippen molar-refractivity contribution in [3.05, 3.63) is 97.2 Å². The van der Waals surface area contributed by atoms with Gasteiger partial charge < -0.3 is 14.6 Å². The highest BCUT2D eigenvalue weighted by atomic mass is 16.6. The van der Waals surface area contributed by atoms with Crippen LogP contribution in [-0.4, -0.2) is 36.4 Å². The molecule has 5 heteroatoms. The van der Waals surface area contributed by atoms with Crippen LogP contribution in [0.25, 0.3) is 0 Å². The molecule has 0 radical (unpaired) electrons. The summed E-state index contributed by atoms with van der Waals surface area (Å²) in [6, 6.07) is 0. The van der Waals surface area contributed by atoms with Crippen molar-refractivity contribution in [3.63, 3.8) is 0 Å². The average molecular weight is 665 g/mol. The molecule has 0 amide bonds. The first-order valence-electron chi connectivity index (χ1n) is 18.8. The molecule has 0 unspecified atom stereocenters. The van der Waals surface area contributed by atoms with Gasteiger partial charge >= 0.3 is 11.9 Å². The highest BCUT2D eigenvalue weighted by Crippen LogP contribution is 2.08. The van der Waals surface area contributed by atoms with Gasteiger partial charge in [0.05, 0.1) is 6.61 Å². The molecule has 0 aromatic rings. The zero-order valence-corrected chi connectivity index (χ0v) is 30.5. The molecule has 0 aliphatic carbocycles. The largest absolute Gasteiger partial charge is 0.462 e. The van der Waals surface area contributed by atoms with Gasteiger partial charge in [-0.05, 0) is 96.3 Å². The van der Waals surface area contributed by atoms with Gasteiger partial charge in [0.25, 0.3) is 0 Å². The molecule has 0 bridgehead atoms. The van der Waals surface area contributed by atoms with Crippen molar-refractivity contribution in [2.45, 2.75) is 148 Å². The van der Waals surface area contributed by atoms with Crippen LogP contribution in [0.1, 0.15) is 142 Å².